The first-order valence-corrected chi connectivity index (χ1v) is 6.92. The van der Waals surface area contributed by atoms with Crippen LogP contribution in [0, 0.1) is 5.92 Å². The van der Waals surface area contributed by atoms with Crippen molar-refractivity contribution in [3.8, 4) is 0 Å². The fourth-order valence-corrected chi connectivity index (χ4v) is 2.80. The number of carbonyl (C=O) groups excluding carboxylic acids is 2. The van der Waals surface area contributed by atoms with Crippen LogP contribution in [0.25, 0.3) is 0 Å². The summed E-state index contributed by atoms with van der Waals surface area (Å²) in [5, 5.41) is 9.47. The van der Waals surface area contributed by atoms with Crippen molar-refractivity contribution in [3.63, 3.8) is 0 Å². The summed E-state index contributed by atoms with van der Waals surface area (Å²) in [6.07, 6.45) is 1.78. The first kappa shape index (κ1) is 14.1. The molecule has 0 aromatic heterocycles. The Morgan fingerprint density at radius 3 is 2.11 bits per heavy atom. The van der Waals surface area contributed by atoms with Gasteiger partial charge in [0.25, 0.3) is 0 Å². The van der Waals surface area contributed by atoms with Gasteiger partial charge in [0.2, 0.25) is 5.91 Å². The predicted octanol–water partition coefficient (Wildman–Crippen LogP) is -0.0268. The van der Waals surface area contributed by atoms with Gasteiger partial charge in [-0.05, 0) is 19.3 Å². The fourth-order valence-electron chi connectivity index (χ4n) is 2.80. The smallest absolute Gasteiger partial charge is 0.319 e. The molecule has 2 heterocycles. The highest BCUT2D eigenvalue weighted by Crippen LogP contribution is 2.22. The molecule has 2 aliphatic heterocycles. The number of hydrogen-bond acceptors (Lipinski definition) is 3. The zero-order valence-corrected chi connectivity index (χ0v) is 11.7. The first-order valence-electron chi connectivity index (χ1n) is 6.92. The second kappa shape index (κ2) is 5.77. The van der Waals surface area contributed by atoms with Crippen LogP contribution >= 0.6 is 0 Å². The van der Waals surface area contributed by atoms with E-state index in [0.717, 1.165) is 12.8 Å². The Morgan fingerprint density at radius 2 is 1.63 bits per heavy atom. The van der Waals surface area contributed by atoms with E-state index in [9.17, 15) is 14.7 Å². The minimum Gasteiger partial charge on any atom is -0.391 e. The van der Waals surface area contributed by atoms with Gasteiger partial charge in [-0.15, -0.1) is 0 Å². The molecule has 0 aromatic rings. The standard InChI is InChI=1S/C13H23N3O3/c1-14(2)13(19)15-6-3-10(4-7-15)12(18)16-8-5-11(17)9-16/h10-11,17H,3-9H2,1-2H3. The molecule has 0 spiro atoms. The summed E-state index contributed by atoms with van der Waals surface area (Å²) >= 11 is 0. The van der Waals surface area contributed by atoms with E-state index in [1.165, 1.54) is 0 Å². The lowest BCUT2D eigenvalue weighted by atomic mass is 9.95. The zero-order chi connectivity index (χ0) is 14.0. The average Bonchev–Trinajstić information content (AvgIpc) is 2.84. The van der Waals surface area contributed by atoms with Crippen LogP contribution in [0.15, 0.2) is 0 Å². The quantitative estimate of drug-likeness (QED) is 0.727. The number of urea groups is 1. The van der Waals surface area contributed by atoms with Gasteiger partial charge in [-0.3, -0.25) is 4.79 Å². The van der Waals surface area contributed by atoms with Crippen LogP contribution in [0.4, 0.5) is 4.79 Å². The number of aliphatic hydroxyl groups is 1. The fraction of sp³-hybridized carbons (Fsp3) is 0.846. The number of nitrogens with zero attached hydrogens (tertiary/aromatic N) is 3. The van der Waals surface area contributed by atoms with Crippen molar-refractivity contribution in [1.29, 1.82) is 0 Å². The Bertz CT molecular complexity index is 351. The van der Waals surface area contributed by atoms with Crippen LogP contribution in [-0.2, 0) is 4.79 Å². The molecule has 1 unspecified atom stereocenters. The molecule has 1 N–H and O–H groups in total. The largest absolute Gasteiger partial charge is 0.391 e. The lowest BCUT2D eigenvalue weighted by Crippen LogP contribution is -2.47. The molecule has 0 radical (unpaired) electrons. The number of β-amino-alcohol motifs (C(OH)–C–C–N with tert-alkyl or cyclic N) is 1. The van der Waals surface area contributed by atoms with Gasteiger partial charge in [-0.25, -0.2) is 4.79 Å². The summed E-state index contributed by atoms with van der Waals surface area (Å²) in [7, 11) is 3.48. The van der Waals surface area contributed by atoms with Crippen LogP contribution in [-0.4, -0.2) is 78.1 Å². The normalized spacial score (nSPS) is 24.7. The van der Waals surface area contributed by atoms with Crippen LogP contribution in [0.3, 0.4) is 0 Å². The summed E-state index contributed by atoms with van der Waals surface area (Å²) in [6, 6.07) is 0.0162. The number of rotatable bonds is 1. The van der Waals surface area contributed by atoms with Crippen LogP contribution in [0.5, 0.6) is 0 Å². The van der Waals surface area contributed by atoms with E-state index in [4.69, 9.17) is 0 Å². The van der Waals surface area contributed by atoms with Crippen LogP contribution < -0.4 is 0 Å². The van der Waals surface area contributed by atoms with E-state index in [2.05, 4.69) is 0 Å². The van der Waals surface area contributed by atoms with Crippen molar-refractivity contribution in [2.45, 2.75) is 25.4 Å². The number of piperidine rings is 1. The highest BCUT2D eigenvalue weighted by atomic mass is 16.3. The van der Waals surface area contributed by atoms with E-state index in [-0.39, 0.29) is 24.0 Å². The number of hydrogen-bond donors (Lipinski definition) is 1. The van der Waals surface area contributed by atoms with Crippen molar-refractivity contribution in [2.75, 3.05) is 40.3 Å². The summed E-state index contributed by atoms with van der Waals surface area (Å²) < 4.78 is 0. The SMILES string of the molecule is CN(C)C(=O)N1CCC(C(=O)N2CCC(O)C2)CC1. The minimum absolute atomic E-state index is 0.0107. The molecule has 1 atom stereocenters. The molecule has 0 bridgehead atoms. The van der Waals surface area contributed by atoms with E-state index >= 15 is 0 Å². The Hall–Kier alpha value is -1.30. The second-order valence-corrected chi connectivity index (χ2v) is 5.67. The van der Waals surface area contributed by atoms with E-state index in [1.807, 2.05) is 0 Å². The minimum atomic E-state index is -0.362. The van der Waals surface area contributed by atoms with Gasteiger partial charge in [0, 0.05) is 46.2 Å². The maximum Gasteiger partial charge on any atom is 0.319 e. The van der Waals surface area contributed by atoms with Gasteiger partial charge in [-0.1, -0.05) is 0 Å². The number of aliphatic hydroxyl groups excluding tert-OH is 1. The lowest BCUT2D eigenvalue weighted by Gasteiger charge is -2.34. The molecule has 6 nitrogen and oxygen atoms in total. The van der Waals surface area contributed by atoms with Gasteiger partial charge in [0.15, 0.2) is 0 Å². The van der Waals surface area contributed by atoms with Crippen LogP contribution in [0.1, 0.15) is 19.3 Å². The van der Waals surface area contributed by atoms with Crippen molar-refractivity contribution in [1.82, 2.24) is 14.7 Å². The molecule has 3 amide bonds. The van der Waals surface area contributed by atoms with Crippen molar-refractivity contribution in [3.05, 3.63) is 0 Å². The Balaban J connectivity index is 1.83. The topological polar surface area (TPSA) is 64.1 Å². The summed E-state index contributed by atoms with van der Waals surface area (Å²) in [4.78, 5) is 29.2. The Labute approximate surface area is 114 Å². The van der Waals surface area contributed by atoms with E-state index in [0.29, 0.717) is 32.6 Å². The Morgan fingerprint density at radius 1 is 1.05 bits per heavy atom. The lowest BCUT2D eigenvalue weighted by molar-refractivity contribution is -0.136. The van der Waals surface area contributed by atoms with Crippen LogP contribution in [0.2, 0.25) is 0 Å². The molecule has 0 saturated carbocycles. The predicted molar refractivity (Wildman–Crippen MR) is 70.6 cm³/mol. The maximum atomic E-state index is 12.3. The van der Waals surface area contributed by atoms with Gasteiger partial charge >= 0.3 is 6.03 Å². The van der Waals surface area contributed by atoms with Crippen molar-refractivity contribution >= 4 is 11.9 Å². The molecular formula is C13H23N3O3. The van der Waals surface area contributed by atoms with E-state index in [1.54, 1.807) is 28.8 Å². The molecule has 19 heavy (non-hydrogen) atoms. The van der Waals surface area contributed by atoms with Gasteiger partial charge in [0.1, 0.15) is 0 Å². The monoisotopic (exact) mass is 269 g/mol. The maximum absolute atomic E-state index is 12.3. The van der Waals surface area contributed by atoms with Gasteiger partial charge < -0.3 is 19.8 Å². The van der Waals surface area contributed by atoms with E-state index < -0.39 is 0 Å². The molecule has 108 valence electrons. The summed E-state index contributed by atoms with van der Waals surface area (Å²) in [6.45, 7) is 2.42. The number of carbonyl (C=O) groups is 2. The second-order valence-electron chi connectivity index (χ2n) is 5.67. The van der Waals surface area contributed by atoms with Crippen molar-refractivity contribution in [2.24, 2.45) is 5.92 Å². The number of likely N-dealkylation sites (tertiary alicyclic amines) is 2. The molecule has 2 aliphatic rings. The van der Waals surface area contributed by atoms with Crippen molar-refractivity contribution < 1.29 is 14.7 Å². The van der Waals surface area contributed by atoms with Gasteiger partial charge in [0.05, 0.1) is 6.10 Å². The average molecular weight is 269 g/mol. The molecule has 0 aliphatic carbocycles. The zero-order valence-electron chi connectivity index (χ0n) is 11.7. The third kappa shape index (κ3) is 3.18. The molecule has 6 heteroatoms. The first-order chi connectivity index (χ1) is 8.99. The number of amides is 3. The van der Waals surface area contributed by atoms with Gasteiger partial charge in [-0.2, -0.15) is 0 Å². The molecule has 2 fully saturated rings. The highest BCUT2D eigenvalue weighted by Gasteiger charge is 2.33. The summed E-state index contributed by atoms with van der Waals surface area (Å²) in [5.41, 5.74) is 0. The summed E-state index contributed by atoms with van der Waals surface area (Å²) in [5.74, 6) is 0.157. The molecule has 2 rings (SSSR count). The molecule has 2 saturated heterocycles. The molecule has 0 aromatic carbocycles. The Kier molecular flexibility index (Phi) is 4.29. The molecular weight excluding hydrogens is 246 g/mol. The third-order valence-electron chi connectivity index (χ3n) is 3.97. The highest BCUT2D eigenvalue weighted by molar-refractivity contribution is 5.80. The third-order valence-corrected chi connectivity index (χ3v) is 3.97.